The third-order valence-electron chi connectivity index (χ3n) is 4.17. The van der Waals surface area contributed by atoms with E-state index in [1.165, 1.54) is 4.90 Å². The molecule has 2 unspecified atom stereocenters. The van der Waals surface area contributed by atoms with Crippen LogP contribution in [0.15, 0.2) is 18.2 Å². The molecule has 2 amide bonds. The van der Waals surface area contributed by atoms with Crippen LogP contribution in [0, 0.1) is 30.1 Å². The van der Waals surface area contributed by atoms with Gasteiger partial charge in [0.05, 0.1) is 29.2 Å². The van der Waals surface area contributed by atoms with Gasteiger partial charge in [0.25, 0.3) is 0 Å². The maximum absolute atomic E-state index is 12.4. The Labute approximate surface area is 111 Å². The van der Waals surface area contributed by atoms with Crippen molar-refractivity contribution in [1.29, 1.82) is 5.26 Å². The molecular weight excluding hydrogens is 240 g/mol. The number of nitrogens with zero attached hydrogens (tertiary/aromatic N) is 2. The summed E-state index contributed by atoms with van der Waals surface area (Å²) >= 11 is 0. The Kier molecular flexibility index (Phi) is 2.63. The van der Waals surface area contributed by atoms with Gasteiger partial charge in [0, 0.05) is 0 Å². The highest BCUT2D eigenvalue weighted by atomic mass is 16.2. The summed E-state index contributed by atoms with van der Waals surface area (Å²) in [5, 5.41) is 8.95. The number of carbonyl (C=O) groups is 2. The highest BCUT2D eigenvalue weighted by molar-refractivity contribution is 6.22. The second-order valence-electron chi connectivity index (χ2n) is 5.27. The third-order valence-corrected chi connectivity index (χ3v) is 4.17. The van der Waals surface area contributed by atoms with Crippen LogP contribution in [-0.2, 0) is 9.59 Å². The van der Waals surface area contributed by atoms with Gasteiger partial charge in [-0.25, -0.2) is 4.90 Å². The Morgan fingerprint density at radius 2 is 1.84 bits per heavy atom. The summed E-state index contributed by atoms with van der Waals surface area (Å²) in [5.74, 6) is -0.466. The molecule has 0 spiro atoms. The number of anilines is 1. The first-order chi connectivity index (χ1) is 9.13. The van der Waals surface area contributed by atoms with E-state index in [0.29, 0.717) is 11.3 Å². The number of amides is 2. The number of hydrogen-bond acceptors (Lipinski definition) is 3. The van der Waals surface area contributed by atoms with Gasteiger partial charge < -0.3 is 0 Å². The van der Waals surface area contributed by atoms with Crippen LogP contribution in [0.3, 0.4) is 0 Å². The van der Waals surface area contributed by atoms with Gasteiger partial charge in [0.1, 0.15) is 0 Å². The quantitative estimate of drug-likeness (QED) is 0.721. The minimum atomic E-state index is -0.141. The molecule has 2 atom stereocenters. The average Bonchev–Trinajstić information content (AvgIpc) is 2.97. The highest BCUT2D eigenvalue weighted by Gasteiger charge is 2.50. The van der Waals surface area contributed by atoms with Crippen molar-refractivity contribution in [1.82, 2.24) is 0 Å². The van der Waals surface area contributed by atoms with Crippen LogP contribution in [0.5, 0.6) is 0 Å². The van der Waals surface area contributed by atoms with E-state index in [1.54, 1.807) is 18.2 Å². The largest absolute Gasteiger partial charge is 0.274 e. The fourth-order valence-electron chi connectivity index (χ4n) is 3.15. The molecule has 1 aromatic rings. The van der Waals surface area contributed by atoms with Crippen molar-refractivity contribution in [2.75, 3.05) is 4.90 Å². The fourth-order valence-corrected chi connectivity index (χ4v) is 3.15. The molecule has 1 saturated heterocycles. The summed E-state index contributed by atoms with van der Waals surface area (Å²) in [5.41, 5.74) is 1.89. The van der Waals surface area contributed by atoms with Gasteiger partial charge in [-0.2, -0.15) is 5.26 Å². The van der Waals surface area contributed by atoms with E-state index in [-0.39, 0.29) is 23.7 Å². The molecule has 1 aromatic carbocycles. The Hall–Kier alpha value is -2.15. The predicted octanol–water partition coefficient (Wildman–Crippen LogP) is 2.16. The standard InChI is InChI=1S/C15H14N2O2/c1-9-5-6-10(8-16)7-13(9)17-14(18)11-3-2-4-12(11)15(17)19/h5-7,11-12H,2-4H2,1H3. The molecule has 2 fully saturated rings. The predicted molar refractivity (Wildman–Crippen MR) is 69.2 cm³/mol. The van der Waals surface area contributed by atoms with Crippen molar-refractivity contribution in [3.63, 3.8) is 0 Å². The molecule has 1 aliphatic heterocycles. The van der Waals surface area contributed by atoms with Crippen molar-refractivity contribution in [2.24, 2.45) is 11.8 Å². The smallest absolute Gasteiger partial charge is 0.237 e. The monoisotopic (exact) mass is 254 g/mol. The maximum atomic E-state index is 12.4. The Morgan fingerprint density at radius 3 is 2.42 bits per heavy atom. The number of carbonyl (C=O) groups excluding carboxylic acids is 2. The van der Waals surface area contributed by atoms with E-state index in [2.05, 4.69) is 0 Å². The number of aryl methyl sites for hydroxylation is 1. The number of imide groups is 1. The summed E-state index contributed by atoms with van der Waals surface area (Å²) in [7, 11) is 0. The van der Waals surface area contributed by atoms with Crippen molar-refractivity contribution in [2.45, 2.75) is 26.2 Å². The Morgan fingerprint density at radius 1 is 1.21 bits per heavy atom. The normalized spacial score (nSPS) is 25.6. The van der Waals surface area contributed by atoms with E-state index in [1.807, 2.05) is 13.0 Å². The van der Waals surface area contributed by atoms with Gasteiger partial charge in [-0.3, -0.25) is 9.59 Å². The summed E-state index contributed by atoms with van der Waals surface area (Å²) in [4.78, 5) is 26.0. The molecule has 1 aliphatic carbocycles. The lowest BCUT2D eigenvalue weighted by molar-refractivity contribution is -0.122. The van der Waals surface area contributed by atoms with Crippen molar-refractivity contribution in [3.05, 3.63) is 29.3 Å². The lowest BCUT2D eigenvalue weighted by Gasteiger charge is -2.18. The molecule has 3 rings (SSSR count). The summed E-state index contributed by atoms with van der Waals surface area (Å²) < 4.78 is 0. The molecule has 1 heterocycles. The van der Waals surface area contributed by atoms with Crippen LogP contribution in [0.4, 0.5) is 5.69 Å². The molecule has 4 nitrogen and oxygen atoms in total. The molecule has 19 heavy (non-hydrogen) atoms. The van der Waals surface area contributed by atoms with Crippen LogP contribution in [0.25, 0.3) is 0 Å². The first-order valence-electron chi connectivity index (χ1n) is 6.52. The lowest BCUT2D eigenvalue weighted by Crippen LogP contribution is -2.32. The van der Waals surface area contributed by atoms with Crippen molar-refractivity contribution >= 4 is 17.5 Å². The average molecular weight is 254 g/mol. The minimum absolute atomic E-state index is 0.0920. The zero-order valence-corrected chi connectivity index (χ0v) is 10.7. The van der Waals surface area contributed by atoms with E-state index in [0.717, 1.165) is 24.8 Å². The van der Waals surface area contributed by atoms with Crippen molar-refractivity contribution in [3.8, 4) is 6.07 Å². The second kappa shape index (κ2) is 4.20. The molecule has 0 radical (unpaired) electrons. The Bertz CT molecular complexity index is 593. The topological polar surface area (TPSA) is 61.2 Å². The van der Waals surface area contributed by atoms with Crippen LogP contribution in [0.2, 0.25) is 0 Å². The lowest BCUT2D eigenvalue weighted by atomic mass is 10.00. The fraction of sp³-hybridized carbons (Fsp3) is 0.400. The highest BCUT2D eigenvalue weighted by Crippen LogP contribution is 2.42. The van der Waals surface area contributed by atoms with Gasteiger partial charge in [-0.15, -0.1) is 0 Å². The number of benzene rings is 1. The molecule has 96 valence electrons. The molecule has 1 saturated carbocycles. The summed E-state index contributed by atoms with van der Waals surface area (Å²) in [6, 6.07) is 7.16. The van der Waals surface area contributed by atoms with E-state index >= 15 is 0 Å². The van der Waals surface area contributed by atoms with E-state index < -0.39 is 0 Å². The van der Waals surface area contributed by atoms with Gasteiger partial charge in [0.2, 0.25) is 11.8 Å². The summed E-state index contributed by atoms with van der Waals surface area (Å²) in [6.07, 6.45) is 2.57. The van der Waals surface area contributed by atoms with Crippen molar-refractivity contribution < 1.29 is 9.59 Å². The minimum Gasteiger partial charge on any atom is -0.274 e. The summed E-state index contributed by atoms with van der Waals surface area (Å²) in [6.45, 7) is 1.85. The van der Waals surface area contributed by atoms with Crippen LogP contribution in [-0.4, -0.2) is 11.8 Å². The SMILES string of the molecule is Cc1ccc(C#N)cc1N1C(=O)C2CCCC2C1=O. The van der Waals surface area contributed by atoms with E-state index in [4.69, 9.17) is 5.26 Å². The van der Waals surface area contributed by atoms with Crippen LogP contribution >= 0.6 is 0 Å². The number of nitriles is 1. The van der Waals surface area contributed by atoms with Gasteiger partial charge >= 0.3 is 0 Å². The first-order valence-corrected chi connectivity index (χ1v) is 6.52. The van der Waals surface area contributed by atoms with Crippen LogP contribution < -0.4 is 4.90 Å². The zero-order chi connectivity index (χ0) is 13.6. The second-order valence-corrected chi connectivity index (χ2v) is 5.27. The van der Waals surface area contributed by atoms with Gasteiger partial charge in [-0.05, 0) is 37.5 Å². The molecular formula is C15H14N2O2. The maximum Gasteiger partial charge on any atom is 0.237 e. The van der Waals surface area contributed by atoms with Crippen LogP contribution in [0.1, 0.15) is 30.4 Å². The Balaban J connectivity index is 2.06. The molecule has 4 heteroatoms. The molecule has 0 bridgehead atoms. The van der Waals surface area contributed by atoms with Gasteiger partial charge in [0.15, 0.2) is 0 Å². The third kappa shape index (κ3) is 1.66. The number of rotatable bonds is 1. The number of hydrogen-bond donors (Lipinski definition) is 0. The molecule has 0 N–H and O–H groups in total. The zero-order valence-electron chi connectivity index (χ0n) is 10.7. The van der Waals surface area contributed by atoms with E-state index in [9.17, 15) is 9.59 Å². The van der Waals surface area contributed by atoms with Gasteiger partial charge in [-0.1, -0.05) is 12.5 Å². The number of fused-ring (bicyclic) bond motifs is 1. The molecule has 0 aromatic heterocycles. The molecule has 2 aliphatic rings. The first kappa shape index (κ1) is 11.9.